The fourth-order valence-corrected chi connectivity index (χ4v) is 2.18. The third-order valence-corrected chi connectivity index (χ3v) is 3.51. The van der Waals surface area contributed by atoms with Crippen molar-refractivity contribution in [3.63, 3.8) is 0 Å². The maximum Gasteiger partial charge on any atom is 0.237 e. The van der Waals surface area contributed by atoms with Crippen molar-refractivity contribution in [2.45, 2.75) is 58.2 Å². The van der Waals surface area contributed by atoms with E-state index in [1.165, 1.54) is 0 Å². The van der Waals surface area contributed by atoms with Gasteiger partial charge in [-0.15, -0.1) is 0 Å². The van der Waals surface area contributed by atoms with Crippen molar-refractivity contribution in [1.29, 1.82) is 0 Å². The molecule has 0 radical (unpaired) electrons. The lowest BCUT2D eigenvalue weighted by atomic mass is 10.2. The molecule has 1 aliphatic rings. The molecule has 0 aromatic rings. The maximum atomic E-state index is 11.9. The van der Waals surface area contributed by atoms with Gasteiger partial charge in [0.05, 0.1) is 12.6 Å². The fraction of sp³-hybridized carbons (Fsp3) is 0.917. The van der Waals surface area contributed by atoms with Crippen molar-refractivity contribution >= 4 is 5.91 Å². The largest absolute Gasteiger partial charge is 0.395 e. The average Bonchev–Trinajstić information content (AvgIpc) is 2.75. The number of aliphatic hydroxyl groups excluding tert-OH is 1. The minimum atomic E-state index is -0.131. The van der Waals surface area contributed by atoms with Crippen LogP contribution in [0.5, 0.6) is 0 Å². The molecule has 0 saturated carbocycles. The predicted octanol–water partition coefficient (Wildman–Crippen LogP) is 0.746. The number of carbonyl (C=O) groups is 1. The Morgan fingerprint density at radius 1 is 1.56 bits per heavy atom. The molecular weight excluding hydrogens is 204 g/mol. The van der Waals surface area contributed by atoms with Gasteiger partial charge in [-0.1, -0.05) is 6.92 Å². The average molecular weight is 228 g/mol. The summed E-state index contributed by atoms with van der Waals surface area (Å²) in [4.78, 5) is 14.0. The zero-order valence-corrected chi connectivity index (χ0v) is 10.6. The quantitative estimate of drug-likeness (QED) is 0.730. The molecule has 94 valence electrons. The smallest absolute Gasteiger partial charge is 0.237 e. The highest BCUT2D eigenvalue weighted by Gasteiger charge is 2.31. The van der Waals surface area contributed by atoms with Gasteiger partial charge in [0.25, 0.3) is 0 Å². The topological polar surface area (TPSA) is 52.6 Å². The fourth-order valence-electron chi connectivity index (χ4n) is 2.18. The van der Waals surface area contributed by atoms with E-state index in [1.807, 2.05) is 13.8 Å². The van der Waals surface area contributed by atoms with E-state index in [-0.39, 0.29) is 30.6 Å². The van der Waals surface area contributed by atoms with Crippen molar-refractivity contribution < 1.29 is 9.90 Å². The van der Waals surface area contributed by atoms with Gasteiger partial charge in [-0.2, -0.15) is 0 Å². The van der Waals surface area contributed by atoms with Gasteiger partial charge < -0.3 is 10.4 Å². The molecule has 0 aromatic carbocycles. The van der Waals surface area contributed by atoms with Crippen molar-refractivity contribution in [2.24, 2.45) is 0 Å². The zero-order chi connectivity index (χ0) is 12.1. The van der Waals surface area contributed by atoms with Crippen LogP contribution in [0.1, 0.15) is 40.0 Å². The number of nitrogens with one attached hydrogen (secondary N) is 1. The summed E-state index contributed by atoms with van der Waals surface area (Å²) in [6.45, 7) is 7.06. The van der Waals surface area contributed by atoms with Gasteiger partial charge in [0.1, 0.15) is 0 Å². The molecule has 16 heavy (non-hydrogen) atoms. The monoisotopic (exact) mass is 228 g/mol. The second-order valence-electron chi connectivity index (χ2n) is 4.71. The summed E-state index contributed by atoms with van der Waals surface area (Å²) in [5.74, 6) is 0.0784. The number of likely N-dealkylation sites (tertiary alicyclic amines) is 1. The van der Waals surface area contributed by atoms with Crippen molar-refractivity contribution in [3.05, 3.63) is 0 Å². The number of amides is 1. The predicted molar refractivity (Wildman–Crippen MR) is 64.2 cm³/mol. The Labute approximate surface area is 98.0 Å². The first-order valence-corrected chi connectivity index (χ1v) is 6.27. The minimum Gasteiger partial charge on any atom is -0.395 e. The van der Waals surface area contributed by atoms with Crippen LogP contribution in [0.2, 0.25) is 0 Å². The molecule has 1 amide bonds. The van der Waals surface area contributed by atoms with Gasteiger partial charge in [-0.25, -0.2) is 0 Å². The van der Waals surface area contributed by atoms with Crippen molar-refractivity contribution in [3.8, 4) is 0 Å². The van der Waals surface area contributed by atoms with Gasteiger partial charge >= 0.3 is 0 Å². The molecule has 0 aliphatic carbocycles. The second kappa shape index (κ2) is 6.21. The molecule has 0 spiro atoms. The van der Waals surface area contributed by atoms with E-state index >= 15 is 0 Å². The molecule has 1 fully saturated rings. The number of nitrogens with zero attached hydrogens (tertiary/aromatic N) is 1. The van der Waals surface area contributed by atoms with E-state index in [1.54, 1.807) is 0 Å². The molecule has 2 unspecified atom stereocenters. The summed E-state index contributed by atoms with van der Waals surface area (Å²) in [5, 5.41) is 12.2. The summed E-state index contributed by atoms with van der Waals surface area (Å²) < 4.78 is 0. The third-order valence-electron chi connectivity index (χ3n) is 3.51. The lowest BCUT2D eigenvalue weighted by molar-refractivity contribution is -0.127. The second-order valence-corrected chi connectivity index (χ2v) is 4.71. The molecule has 1 saturated heterocycles. The van der Waals surface area contributed by atoms with Crippen LogP contribution < -0.4 is 5.32 Å². The van der Waals surface area contributed by atoms with Crippen LogP contribution in [0.4, 0.5) is 0 Å². The number of rotatable bonds is 5. The lowest BCUT2D eigenvalue weighted by Gasteiger charge is -2.29. The summed E-state index contributed by atoms with van der Waals surface area (Å²) in [7, 11) is 0. The van der Waals surface area contributed by atoms with Gasteiger partial charge in [-0.3, -0.25) is 9.69 Å². The minimum absolute atomic E-state index is 0.0784. The van der Waals surface area contributed by atoms with Gasteiger partial charge in [0.15, 0.2) is 0 Å². The summed E-state index contributed by atoms with van der Waals surface area (Å²) >= 11 is 0. The Balaban J connectivity index is 2.49. The van der Waals surface area contributed by atoms with E-state index < -0.39 is 0 Å². The Morgan fingerprint density at radius 2 is 2.25 bits per heavy atom. The van der Waals surface area contributed by atoms with Crippen LogP contribution in [0.3, 0.4) is 0 Å². The van der Waals surface area contributed by atoms with E-state index in [4.69, 9.17) is 0 Å². The molecule has 2 N–H and O–H groups in total. The first-order valence-electron chi connectivity index (χ1n) is 6.27. The SMILES string of the molecule is CCC(C)NC(=O)C(C)N1CCC[C@@H]1CO. The van der Waals surface area contributed by atoms with Crippen molar-refractivity contribution in [2.75, 3.05) is 13.2 Å². The summed E-state index contributed by atoms with van der Waals surface area (Å²) in [5.41, 5.74) is 0. The van der Waals surface area contributed by atoms with Crippen LogP contribution >= 0.6 is 0 Å². The van der Waals surface area contributed by atoms with Crippen LogP contribution in [0.25, 0.3) is 0 Å². The molecule has 1 heterocycles. The maximum absolute atomic E-state index is 11.9. The Bertz CT molecular complexity index is 233. The molecule has 0 bridgehead atoms. The number of hydrogen-bond donors (Lipinski definition) is 2. The van der Waals surface area contributed by atoms with E-state index in [0.717, 1.165) is 25.8 Å². The number of carbonyl (C=O) groups excluding carboxylic acids is 1. The van der Waals surface area contributed by atoms with Crippen LogP contribution in [-0.2, 0) is 4.79 Å². The Hall–Kier alpha value is -0.610. The standard InChI is InChI=1S/C12H24N2O2/c1-4-9(2)13-12(16)10(3)14-7-5-6-11(14)8-15/h9-11,15H,4-8H2,1-3H3,(H,13,16)/t9?,10?,11-/m1/s1. The van der Waals surface area contributed by atoms with Crippen LogP contribution in [-0.4, -0.2) is 47.2 Å². The summed E-state index contributed by atoms with van der Waals surface area (Å²) in [6, 6.07) is 0.261. The van der Waals surface area contributed by atoms with Crippen LogP contribution in [0.15, 0.2) is 0 Å². The zero-order valence-electron chi connectivity index (χ0n) is 10.6. The Morgan fingerprint density at radius 3 is 2.81 bits per heavy atom. The highest BCUT2D eigenvalue weighted by molar-refractivity contribution is 5.81. The molecule has 0 aromatic heterocycles. The first kappa shape index (κ1) is 13.5. The normalized spacial score (nSPS) is 25.4. The molecule has 3 atom stereocenters. The highest BCUT2D eigenvalue weighted by Crippen LogP contribution is 2.19. The van der Waals surface area contributed by atoms with Crippen molar-refractivity contribution in [1.82, 2.24) is 10.2 Å². The third kappa shape index (κ3) is 3.19. The molecule has 1 rings (SSSR count). The molecular formula is C12H24N2O2. The van der Waals surface area contributed by atoms with E-state index in [9.17, 15) is 9.90 Å². The molecule has 4 heteroatoms. The lowest BCUT2D eigenvalue weighted by Crippen LogP contribution is -2.49. The van der Waals surface area contributed by atoms with E-state index in [2.05, 4.69) is 17.1 Å². The van der Waals surface area contributed by atoms with Gasteiger partial charge in [0.2, 0.25) is 5.91 Å². The van der Waals surface area contributed by atoms with E-state index in [0.29, 0.717) is 0 Å². The first-order chi connectivity index (χ1) is 7.60. The van der Waals surface area contributed by atoms with Gasteiger partial charge in [0, 0.05) is 12.1 Å². The molecule has 4 nitrogen and oxygen atoms in total. The number of hydrogen-bond acceptors (Lipinski definition) is 3. The summed E-state index contributed by atoms with van der Waals surface area (Å²) in [6.07, 6.45) is 3.02. The Kier molecular flexibility index (Phi) is 5.22. The number of aliphatic hydroxyl groups is 1. The molecule has 1 aliphatic heterocycles. The van der Waals surface area contributed by atoms with Gasteiger partial charge in [-0.05, 0) is 39.7 Å². The van der Waals surface area contributed by atoms with Crippen LogP contribution in [0, 0.1) is 0 Å². The highest BCUT2D eigenvalue weighted by atomic mass is 16.3.